The lowest BCUT2D eigenvalue weighted by atomic mass is 10.1. The lowest BCUT2D eigenvalue weighted by Crippen LogP contribution is -2.41. The van der Waals surface area contributed by atoms with Gasteiger partial charge >= 0.3 is 0 Å². The molecule has 1 amide bonds. The van der Waals surface area contributed by atoms with Crippen molar-refractivity contribution in [2.24, 2.45) is 0 Å². The van der Waals surface area contributed by atoms with Gasteiger partial charge in [0.1, 0.15) is 11.9 Å². The number of nitrogens with one attached hydrogen (secondary N) is 2. The van der Waals surface area contributed by atoms with Gasteiger partial charge in [0.05, 0.1) is 11.8 Å². The predicted octanol–water partition coefficient (Wildman–Crippen LogP) is 2.57. The van der Waals surface area contributed by atoms with E-state index in [-0.39, 0.29) is 12.0 Å². The third-order valence-corrected chi connectivity index (χ3v) is 4.32. The number of amides is 1. The normalized spacial score (nSPS) is 15.9. The average molecular weight is 310 g/mol. The fourth-order valence-corrected chi connectivity index (χ4v) is 3.07. The second kappa shape index (κ2) is 5.79. The number of fused-ring (bicyclic) bond motifs is 1. The number of hydrogen-bond acceptors (Lipinski definition) is 3. The number of rotatable bonds is 3. The zero-order chi connectivity index (χ0) is 15.6. The second-order valence-electron chi connectivity index (χ2n) is 5.79. The first-order valence-corrected chi connectivity index (χ1v) is 7.82. The number of ether oxygens (including phenoxy) is 1. The Kier molecular flexibility index (Phi) is 3.49. The molecule has 1 saturated heterocycles. The van der Waals surface area contributed by atoms with Gasteiger partial charge in [-0.15, -0.1) is 0 Å². The smallest absolute Gasteiger partial charge is 0.257 e. The van der Waals surface area contributed by atoms with Crippen LogP contribution in [0.25, 0.3) is 10.9 Å². The van der Waals surface area contributed by atoms with Crippen LogP contribution in [0.1, 0.15) is 23.2 Å². The maximum absolute atomic E-state index is 12.3. The molecule has 1 aromatic carbocycles. The fraction of sp³-hybridized carbons (Fsp3) is 0.294. The molecule has 6 heteroatoms. The number of aromatic nitrogens is 3. The Labute approximate surface area is 133 Å². The Hall–Kier alpha value is -2.76. The number of hydrogen-bond donors (Lipinski definition) is 2. The van der Waals surface area contributed by atoms with E-state index in [1.165, 1.54) is 0 Å². The Morgan fingerprint density at radius 1 is 1.26 bits per heavy atom. The highest BCUT2D eigenvalue weighted by atomic mass is 16.5. The van der Waals surface area contributed by atoms with Crippen LogP contribution >= 0.6 is 0 Å². The number of piperidine rings is 1. The lowest BCUT2D eigenvalue weighted by Gasteiger charge is -2.32. The summed E-state index contributed by atoms with van der Waals surface area (Å²) in [5, 5.41) is 7.61. The van der Waals surface area contributed by atoms with E-state index in [1.807, 2.05) is 35.4 Å². The second-order valence-corrected chi connectivity index (χ2v) is 5.79. The van der Waals surface area contributed by atoms with Crippen molar-refractivity contribution in [3.05, 3.63) is 48.4 Å². The SMILES string of the molecule is O=C(c1cn[nH]c1)N1CCC(Oc2cccc3[nH]ccc23)CC1. The van der Waals surface area contributed by atoms with Gasteiger partial charge in [-0.3, -0.25) is 9.89 Å². The summed E-state index contributed by atoms with van der Waals surface area (Å²) in [4.78, 5) is 17.3. The Morgan fingerprint density at radius 2 is 2.13 bits per heavy atom. The summed E-state index contributed by atoms with van der Waals surface area (Å²) < 4.78 is 6.17. The van der Waals surface area contributed by atoms with E-state index in [2.05, 4.69) is 15.2 Å². The Morgan fingerprint density at radius 3 is 2.91 bits per heavy atom. The quantitative estimate of drug-likeness (QED) is 0.781. The maximum atomic E-state index is 12.3. The van der Waals surface area contributed by atoms with Gasteiger partial charge in [-0.1, -0.05) is 6.07 Å². The van der Waals surface area contributed by atoms with Crippen LogP contribution in [-0.2, 0) is 0 Å². The minimum absolute atomic E-state index is 0.0323. The van der Waals surface area contributed by atoms with Gasteiger partial charge in [0.2, 0.25) is 0 Å². The van der Waals surface area contributed by atoms with Crippen LogP contribution in [0.4, 0.5) is 0 Å². The van der Waals surface area contributed by atoms with Crippen molar-refractivity contribution in [1.82, 2.24) is 20.1 Å². The monoisotopic (exact) mass is 310 g/mol. The van der Waals surface area contributed by atoms with Crippen LogP contribution in [0.2, 0.25) is 0 Å². The molecule has 0 radical (unpaired) electrons. The molecule has 1 fully saturated rings. The molecule has 1 aliphatic heterocycles. The first-order valence-electron chi connectivity index (χ1n) is 7.82. The molecule has 4 rings (SSSR count). The molecule has 0 saturated carbocycles. The number of carbonyl (C=O) groups excluding carboxylic acids is 1. The summed E-state index contributed by atoms with van der Waals surface area (Å²) >= 11 is 0. The summed E-state index contributed by atoms with van der Waals surface area (Å²) in [5.74, 6) is 0.938. The molecule has 0 aliphatic carbocycles. The average Bonchev–Trinajstić information content (AvgIpc) is 3.27. The summed E-state index contributed by atoms with van der Waals surface area (Å²) in [5.41, 5.74) is 1.69. The number of aromatic amines is 2. The molecule has 0 bridgehead atoms. The van der Waals surface area contributed by atoms with Crippen LogP contribution in [-0.4, -0.2) is 45.2 Å². The number of nitrogens with zero attached hydrogens (tertiary/aromatic N) is 2. The van der Waals surface area contributed by atoms with Gasteiger partial charge < -0.3 is 14.6 Å². The van der Waals surface area contributed by atoms with Crippen molar-refractivity contribution in [1.29, 1.82) is 0 Å². The number of benzene rings is 1. The van der Waals surface area contributed by atoms with Crippen molar-refractivity contribution in [3.8, 4) is 5.75 Å². The van der Waals surface area contributed by atoms with Crippen molar-refractivity contribution < 1.29 is 9.53 Å². The molecule has 2 N–H and O–H groups in total. The van der Waals surface area contributed by atoms with E-state index in [4.69, 9.17) is 4.74 Å². The van der Waals surface area contributed by atoms with Crippen molar-refractivity contribution in [3.63, 3.8) is 0 Å². The minimum Gasteiger partial charge on any atom is -0.490 e. The summed E-state index contributed by atoms with van der Waals surface area (Å²) in [6.45, 7) is 1.41. The first-order chi connectivity index (χ1) is 11.3. The summed E-state index contributed by atoms with van der Waals surface area (Å²) in [6, 6.07) is 8.06. The van der Waals surface area contributed by atoms with Crippen LogP contribution in [0.15, 0.2) is 42.9 Å². The molecule has 0 unspecified atom stereocenters. The minimum atomic E-state index is 0.0323. The Bertz CT molecular complexity index is 801. The highest BCUT2D eigenvalue weighted by Crippen LogP contribution is 2.27. The van der Waals surface area contributed by atoms with Gasteiger partial charge in [-0.05, 0) is 18.2 Å². The van der Waals surface area contributed by atoms with Crippen LogP contribution < -0.4 is 4.74 Å². The maximum Gasteiger partial charge on any atom is 0.257 e. The third kappa shape index (κ3) is 2.67. The zero-order valence-corrected chi connectivity index (χ0v) is 12.7. The van der Waals surface area contributed by atoms with Gasteiger partial charge in [0.25, 0.3) is 5.91 Å². The molecule has 118 valence electrons. The van der Waals surface area contributed by atoms with E-state index in [0.29, 0.717) is 18.7 Å². The number of carbonyl (C=O) groups is 1. The highest BCUT2D eigenvalue weighted by molar-refractivity contribution is 5.93. The van der Waals surface area contributed by atoms with Gasteiger partial charge in [0.15, 0.2) is 0 Å². The summed E-state index contributed by atoms with van der Waals surface area (Å²) in [7, 11) is 0. The first kappa shape index (κ1) is 13.9. The van der Waals surface area contributed by atoms with E-state index in [1.54, 1.807) is 12.4 Å². The molecule has 3 aromatic rings. The largest absolute Gasteiger partial charge is 0.490 e. The molecule has 1 aliphatic rings. The van der Waals surface area contributed by atoms with Gasteiger partial charge in [-0.2, -0.15) is 5.10 Å². The molecule has 0 atom stereocenters. The highest BCUT2D eigenvalue weighted by Gasteiger charge is 2.25. The topological polar surface area (TPSA) is 74.0 Å². The van der Waals surface area contributed by atoms with Crippen LogP contribution in [0.5, 0.6) is 5.75 Å². The van der Waals surface area contributed by atoms with Crippen LogP contribution in [0.3, 0.4) is 0 Å². The molecule has 2 aromatic heterocycles. The van der Waals surface area contributed by atoms with Crippen molar-refractivity contribution in [2.75, 3.05) is 13.1 Å². The zero-order valence-electron chi connectivity index (χ0n) is 12.7. The fourth-order valence-electron chi connectivity index (χ4n) is 3.07. The number of likely N-dealkylation sites (tertiary alicyclic amines) is 1. The van der Waals surface area contributed by atoms with Gasteiger partial charge in [-0.25, -0.2) is 0 Å². The van der Waals surface area contributed by atoms with E-state index >= 15 is 0 Å². The molecule has 6 nitrogen and oxygen atoms in total. The van der Waals surface area contributed by atoms with E-state index < -0.39 is 0 Å². The van der Waals surface area contributed by atoms with Gasteiger partial charge in [0, 0.05) is 49.2 Å². The predicted molar refractivity (Wildman–Crippen MR) is 86.4 cm³/mol. The molecule has 0 spiro atoms. The lowest BCUT2D eigenvalue weighted by molar-refractivity contribution is 0.0598. The number of H-pyrrole nitrogens is 2. The van der Waals surface area contributed by atoms with Crippen molar-refractivity contribution in [2.45, 2.75) is 18.9 Å². The molecular formula is C17H18N4O2. The molecule has 3 heterocycles. The van der Waals surface area contributed by atoms with Crippen LogP contribution in [0, 0.1) is 0 Å². The van der Waals surface area contributed by atoms with E-state index in [0.717, 1.165) is 29.5 Å². The molecule has 23 heavy (non-hydrogen) atoms. The van der Waals surface area contributed by atoms with Crippen molar-refractivity contribution >= 4 is 16.8 Å². The summed E-state index contributed by atoms with van der Waals surface area (Å²) in [6.07, 6.45) is 6.94. The standard InChI is InChI=1S/C17H18N4O2/c22-17(12-10-19-20-11-12)21-8-5-13(6-9-21)23-16-3-1-2-15-14(16)4-7-18-15/h1-4,7,10-11,13,18H,5-6,8-9H2,(H,19,20). The molecular weight excluding hydrogens is 292 g/mol. The Balaban J connectivity index is 1.40. The van der Waals surface area contributed by atoms with E-state index in [9.17, 15) is 4.79 Å². The third-order valence-electron chi connectivity index (χ3n) is 4.32.